The van der Waals surface area contributed by atoms with E-state index in [0.29, 0.717) is 17.9 Å². The summed E-state index contributed by atoms with van der Waals surface area (Å²) in [4.78, 5) is 15.7. The number of hydrogen-bond acceptors (Lipinski definition) is 4. The average Bonchev–Trinajstić information content (AvgIpc) is 2.93. The topological polar surface area (TPSA) is 81.2 Å². The lowest BCUT2D eigenvalue weighted by Crippen LogP contribution is -2.35. The minimum atomic E-state index is -0.473. The summed E-state index contributed by atoms with van der Waals surface area (Å²) in [6.07, 6.45) is 4.56. The lowest BCUT2D eigenvalue weighted by Gasteiger charge is -2.11. The van der Waals surface area contributed by atoms with Crippen LogP contribution in [0.2, 0.25) is 0 Å². The van der Waals surface area contributed by atoms with E-state index in [1.165, 1.54) is 6.39 Å². The third-order valence-electron chi connectivity index (χ3n) is 2.78. The molecule has 0 spiro atoms. The van der Waals surface area contributed by atoms with Crippen molar-refractivity contribution >= 4 is 11.6 Å². The van der Waals surface area contributed by atoms with Gasteiger partial charge in [-0.25, -0.2) is 4.98 Å². The number of carbonyl (C=O) groups is 1. The van der Waals surface area contributed by atoms with E-state index in [1.807, 2.05) is 31.2 Å². The van der Waals surface area contributed by atoms with Gasteiger partial charge in [-0.3, -0.25) is 4.79 Å². The van der Waals surface area contributed by atoms with Gasteiger partial charge in [-0.15, -0.1) is 0 Å². The van der Waals surface area contributed by atoms with E-state index in [2.05, 4.69) is 10.3 Å². The van der Waals surface area contributed by atoms with Crippen LogP contribution in [0.1, 0.15) is 19.8 Å². The Hall–Kier alpha value is -2.14. The molecule has 0 radical (unpaired) electrons. The van der Waals surface area contributed by atoms with Gasteiger partial charge in [0.25, 0.3) is 0 Å². The molecule has 0 saturated carbocycles. The zero-order valence-corrected chi connectivity index (χ0v) is 10.8. The Bertz CT molecular complexity index is 537. The third kappa shape index (κ3) is 3.42. The van der Waals surface area contributed by atoms with Gasteiger partial charge < -0.3 is 15.5 Å². The quantitative estimate of drug-likeness (QED) is 0.864. The highest BCUT2D eigenvalue weighted by molar-refractivity contribution is 5.95. The molecule has 0 aliphatic carbocycles. The van der Waals surface area contributed by atoms with Gasteiger partial charge >= 0.3 is 0 Å². The number of nitrogens with zero attached hydrogens (tertiary/aromatic N) is 1. The lowest BCUT2D eigenvalue weighted by atomic mass is 10.1. The molecule has 19 heavy (non-hydrogen) atoms. The second-order valence-corrected chi connectivity index (χ2v) is 4.33. The molecule has 0 saturated heterocycles. The zero-order chi connectivity index (χ0) is 13.7. The van der Waals surface area contributed by atoms with Crippen LogP contribution in [0.5, 0.6) is 0 Å². The predicted molar refractivity (Wildman–Crippen MR) is 73.5 cm³/mol. The van der Waals surface area contributed by atoms with Crippen LogP contribution >= 0.6 is 0 Å². The summed E-state index contributed by atoms with van der Waals surface area (Å²) in [7, 11) is 0. The van der Waals surface area contributed by atoms with Crippen LogP contribution in [0.25, 0.3) is 11.3 Å². The maximum atomic E-state index is 11.8. The highest BCUT2D eigenvalue weighted by atomic mass is 16.3. The summed E-state index contributed by atoms with van der Waals surface area (Å²) in [6.45, 7) is 2.00. The Morgan fingerprint density at radius 3 is 3.05 bits per heavy atom. The molecular formula is C14H17N3O2. The number of hydrogen-bond donors (Lipinski definition) is 2. The number of aromatic nitrogens is 1. The second-order valence-electron chi connectivity index (χ2n) is 4.33. The van der Waals surface area contributed by atoms with Gasteiger partial charge in [0.1, 0.15) is 0 Å². The fraction of sp³-hybridized carbons (Fsp3) is 0.286. The van der Waals surface area contributed by atoms with Crippen molar-refractivity contribution in [1.82, 2.24) is 4.98 Å². The van der Waals surface area contributed by atoms with Crippen LogP contribution in [-0.4, -0.2) is 16.9 Å². The van der Waals surface area contributed by atoms with E-state index in [4.69, 9.17) is 10.2 Å². The van der Waals surface area contributed by atoms with Crippen molar-refractivity contribution < 1.29 is 9.21 Å². The standard InChI is InChI=1S/C14H17N3O2/c1-2-4-12(15)14(18)17-11-6-3-5-10(7-11)13-8-16-9-19-13/h3,5-9,12H,2,4,15H2,1H3,(H,17,18)/t12-/m0/s1. The molecule has 0 fully saturated rings. The Balaban J connectivity index is 2.09. The van der Waals surface area contributed by atoms with Crippen LogP contribution in [0, 0.1) is 0 Å². The fourth-order valence-electron chi connectivity index (χ4n) is 1.79. The van der Waals surface area contributed by atoms with Gasteiger partial charge in [0.15, 0.2) is 12.2 Å². The molecule has 3 N–H and O–H groups in total. The first kappa shape index (κ1) is 13.3. The summed E-state index contributed by atoms with van der Waals surface area (Å²) < 4.78 is 5.22. The first-order valence-electron chi connectivity index (χ1n) is 6.26. The fourth-order valence-corrected chi connectivity index (χ4v) is 1.79. The maximum absolute atomic E-state index is 11.8. The molecule has 5 heteroatoms. The summed E-state index contributed by atoms with van der Waals surface area (Å²) in [5.74, 6) is 0.491. The Labute approximate surface area is 111 Å². The van der Waals surface area contributed by atoms with Gasteiger partial charge in [-0.1, -0.05) is 25.5 Å². The number of benzene rings is 1. The second kappa shape index (κ2) is 6.15. The van der Waals surface area contributed by atoms with Gasteiger partial charge in [0.05, 0.1) is 12.2 Å². The largest absolute Gasteiger partial charge is 0.444 e. The van der Waals surface area contributed by atoms with Crippen LogP contribution in [0.15, 0.2) is 41.3 Å². The molecule has 0 bridgehead atoms. The normalized spacial score (nSPS) is 12.1. The molecule has 0 aliphatic heterocycles. The Morgan fingerprint density at radius 2 is 2.37 bits per heavy atom. The highest BCUT2D eigenvalue weighted by Crippen LogP contribution is 2.22. The minimum Gasteiger partial charge on any atom is -0.444 e. The van der Waals surface area contributed by atoms with E-state index in [-0.39, 0.29) is 5.91 Å². The van der Waals surface area contributed by atoms with Gasteiger partial charge in [0.2, 0.25) is 5.91 Å². The van der Waals surface area contributed by atoms with Gasteiger partial charge in [-0.05, 0) is 18.6 Å². The molecule has 100 valence electrons. The number of nitrogens with one attached hydrogen (secondary N) is 1. The van der Waals surface area contributed by atoms with E-state index in [0.717, 1.165) is 12.0 Å². The summed E-state index contributed by atoms with van der Waals surface area (Å²) in [5.41, 5.74) is 7.33. The number of nitrogens with two attached hydrogens (primary N) is 1. The summed E-state index contributed by atoms with van der Waals surface area (Å²) in [6, 6.07) is 6.91. The molecule has 1 aromatic carbocycles. The number of oxazole rings is 1. The monoisotopic (exact) mass is 259 g/mol. The number of rotatable bonds is 5. The predicted octanol–water partition coefficient (Wildman–Crippen LogP) is 2.41. The van der Waals surface area contributed by atoms with Crippen molar-refractivity contribution in [3.8, 4) is 11.3 Å². The van der Waals surface area contributed by atoms with Gasteiger partial charge in [-0.2, -0.15) is 0 Å². The average molecular weight is 259 g/mol. The molecule has 1 atom stereocenters. The van der Waals surface area contributed by atoms with Crippen molar-refractivity contribution in [3.63, 3.8) is 0 Å². The molecule has 1 aromatic heterocycles. The molecule has 0 aliphatic rings. The van der Waals surface area contributed by atoms with E-state index < -0.39 is 6.04 Å². The first-order chi connectivity index (χ1) is 9.20. The zero-order valence-electron chi connectivity index (χ0n) is 10.8. The van der Waals surface area contributed by atoms with Crippen LogP contribution in [0.3, 0.4) is 0 Å². The molecule has 5 nitrogen and oxygen atoms in total. The van der Waals surface area contributed by atoms with E-state index in [1.54, 1.807) is 6.20 Å². The SMILES string of the molecule is CCC[C@H](N)C(=O)Nc1cccc(-c2cnco2)c1. The van der Waals surface area contributed by atoms with Gasteiger partial charge in [0, 0.05) is 11.3 Å². The van der Waals surface area contributed by atoms with Crippen molar-refractivity contribution in [2.75, 3.05) is 5.32 Å². The lowest BCUT2D eigenvalue weighted by molar-refractivity contribution is -0.117. The number of anilines is 1. The Morgan fingerprint density at radius 1 is 1.53 bits per heavy atom. The minimum absolute atomic E-state index is 0.170. The summed E-state index contributed by atoms with van der Waals surface area (Å²) in [5, 5.41) is 2.80. The summed E-state index contributed by atoms with van der Waals surface area (Å²) >= 11 is 0. The molecular weight excluding hydrogens is 242 g/mol. The van der Waals surface area contributed by atoms with Crippen molar-refractivity contribution in [3.05, 3.63) is 36.9 Å². The van der Waals surface area contributed by atoms with Crippen molar-refractivity contribution in [2.45, 2.75) is 25.8 Å². The molecule has 1 heterocycles. The molecule has 1 amide bonds. The maximum Gasteiger partial charge on any atom is 0.241 e. The van der Waals surface area contributed by atoms with Crippen LogP contribution in [0.4, 0.5) is 5.69 Å². The number of amides is 1. The van der Waals surface area contributed by atoms with E-state index in [9.17, 15) is 4.79 Å². The van der Waals surface area contributed by atoms with Crippen molar-refractivity contribution in [2.24, 2.45) is 5.73 Å². The molecule has 2 aromatic rings. The first-order valence-corrected chi connectivity index (χ1v) is 6.26. The van der Waals surface area contributed by atoms with Crippen LogP contribution in [-0.2, 0) is 4.79 Å². The molecule has 2 rings (SSSR count). The van der Waals surface area contributed by atoms with E-state index >= 15 is 0 Å². The third-order valence-corrected chi connectivity index (χ3v) is 2.78. The van der Waals surface area contributed by atoms with Crippen molar-refractivity contribution in [1.29, 1.82) is 0 Å². The highest BCUT2D eigenvalue weighted by Gasteiger charge is 2.12. The molecule has 0 unspecified atom stereocenters. The number of carbonyl (C=O) groups excluding carboxylic acids is 1. The smallest absolute Gasteiger partial charge is 0.241 e. The van der Waals surface area contributed by atoms with Crippen LogP contribution < -0.4 is 11.1 Å². The Kier molecular flexibility index (Phi) is 4.30.